The molecule has 2 aliphatic heterocycles. The number of likely N-dealkylation sites (N-methyl/N-ethyl adjacent to an activating group) is 1. The Morgan fingerprint density at radius 3 is 2.61 bits per heavy atom. The number of nitrogens with zero attached hydrogens (tertiary/aromatic N) is 6. The van der Waals surface area contributed by atoms with E-state index in [0.29, 0.717) is 43.9 Å². The topological polar surface area (TPSA) is 75.8 Å². The molecule has 8 heteroatoms. The molecule has 2 saturated heterocycles. The number of benzene rings is 3. The monoisotopic (exact) mass is 610 g/mol. The Morgan fingerprint density at radius 2 is 1.78 bits per heavy atom. The second-order valence-corrected chi connectivity index (χ2v) is 12.6. The average Bonchev–Trinajstić information content (AvgIpc) is 3.51. The van der Waals surface area contributed by atoms with E-state index in [2.05, 4.69) is 70.2 Å². The zero-order valence-corrected chi connectivity index (χ0v) is 26.2. The highest BCUT2D eigenvalue weighted by molar-refractivity contribution is 5.98. The Balaban J connectivity index is 1.22. The van der Waals surface area contributed by atoms with Crippen LogP contribution in [-0.4, -0.2) is 82.5 Å². The van der Waals surface area contributed by atoms with E-state index in [0.717, 1.165) is 59.0 Å². The molecule has 0 aliphatic carbocycles. The van der Waals surface area contributed by atoms with Gasteiger partial charge in [0, 0.05) is 34.7 Å². The van der Waals surface area contributed by atoms with Crippen LogP contribution in [0, 0.1) is 6.57 Å². The molecule has 0 radical (unpaired) electrons. The van der Waals surface area contributed by atoms with Gasteiger partial charge in [-0.25, -0.2) is 6.57 Å². The van der Waals surface area contributed by atoms with Crippen LogP contribution < -0.4 is 4.74 Å². The fourth-order valence-corrected chi connectivity index (χ4v) is 7.11. The van der Waals surface area contributed by atoms with Gasteiger partial charge in [-0.05, 0) is 62.7 Å². The molecule has 1 unspecified atom stereocenters. The molecule has 4 heterocycles. The zero-order chi connectivity index (χ0) is 31.5. The Kier molecular flexibility index (Phi) is 8.69. The molecule has 0 bridgehead atoms. The molecule has 0 amide bonds. The number of hydrogen-bond donors (Lipinski definition) is 0. The first-order valence-electron chi connectivity index (χ1n) is 16.2. The van der Waals surface area contributed by atoms with Crippen LogP contribution in [0.3, 0.4) is 0 Å². The average molecular weight is 611 g/mol. The quantitative estimate of drug-likeness (QED) is 0.136. The Morgan fingerprint density at radius 1 is 0.957 bits per heavy atom. The number of fused-ring (bicyclic) bond motifs is 2. The molecule has 8 nitrogen and oxygen atoms in total. The lowest BCUT2D eigenvalue weighted by Crippen LogP contribution is -2.46. The standard InChI is InChI=1S/C38H38N6O2/c1-39-22-30-20-28(17-19-44(30)24-36(45)27-11-4-3-5-12-27)37-33-23-40-34(32-16-8-13-26-10-6-7-15-31(26)32)21-35(33)41-38(42-37)46-25-29-14-9-18-43(29)2/h3-8,10-13,15-16,21,23,28-30H,9,14,17-20,22,24-25H2,2H3/t28?,29-,30+/m0/s1. The summed E-state index contributed by atoms with van der Waals surface area (Å²) in [5, 5.41) is 3.22. The van der Waals surface area contributed by atoms with Gasteiger partial charge in [0.25, 0.3) is 0 Å². The third-order valence-corrected chi connectivity index (χ3v) is 9.70. The number of piperidine rings is 1. The van der Waals surface area contributed by atoms with E-state index in [9.17, 15) is 4.79 Å². The van der Waals surface area contributed by atoms with E-state index in [4.69, 9.17) is 26.3 Å². The van der Waals surface area contributed by atoms with Gasteiger partial charge in [0.1, 0.15) is 6.61 Å². The molecule has 2 aromatic heterocycles. The van der Waals surface area contributed by atoms with Crippen molar-refractivity contribution in [1.82, 2.24) is 24.8 Å². The lowest BCUT2D eigenvalue weighted by molar-refractivity contribution is 0.0839. The maximum Gasteiger partial charge on any atom is 0.317 e. The van der Waals surface area contributed by atoms with Crippen molar-refractivity contribution in [3.05, 3.63) is 108 Å². The minimum atomic E-state index is -0.0478. The fraction of sp³-hybridized carbons (Fsp3) is 0.342. The molecule has 5 aromatic rings. The van der Waals surface area contributed by atoms with Crippen molar-refractivity contribution in [3.8, 4) is 17.3 Å². The van der Waals surface area contributed by atoms with Crippen molar-refractivity contribution >= 4 is 27.5 Å². The summed E-state index contributed by atoms with van der Waals surface area (Å²) in [5.74, 6) is 0.168. The van der Waals surface area contributed by atoms with Crippen molar-refractivity contribution in [1.29, 1.82) is 0 Å². The number of pyridine rings is 1. The molecule has 232 valence electrons. The van der Waals surface area contributed by atoms with E-state index in [-0.39, 0.29) is 17.7 Å². The summed E-state index contributed by atoms with van der Waals surface area (Å²) < 4.78 is 6.32. The highest BCUT2D eigenvalue weighted by Gasteiger charge is 2.34. The highest BCUT2D eigenvalue weighted by Crippen LogP contribution is 2.37. The predicted molar refractivity (Wildman–Crippen MR) is 181 cm³/mol. The summed E-state index contributed by atoms with van der Waals surface area (Å²) >= 11 is 0. The maximum atomic E-state index is 13.1. The van der Waals surface area contributed by atoms with Gasteiger partial charge in [-0.15, -0.1) is 0 Å². The normalized spacial score (nSPS) is 20.6. The minimum Gasteiger partial charge on any atom is -0.462 e. The predicted octanol–water partition coefficient (Wildman–Crippen LogP) is 6.67. The smallest absolute Gasteiger partial charge is 0.317 e. The first-order valence-corrected chi connectivity index (χ1v) is 16.2. The summed E-state index contributed by atoms with van der Waals surface area (Å²) in [7, 11) is 2.14. The van der Waals surface area contributed by atoms with Gasteiger partial charge in [-0.2, -0.15) is 9.97 Å². The number of likely N-dealkylation sites (tertiary alicyclic amines) is 2. The number of Topliss-reactive ketones (excluding diaryl/α,β-unsaturated/α-hetero) is 1. The third-order valence-electron chi connectivity index (χ3n) is 9.70. The van der Waals surface area contributed by atoms with Gasteiger partial charge in [0.15, 0.2) is 5.78 Å². The third kappa shape index (κ3) is 6.21. The van der Waals surface area contributed by atoms with Crippen LogP contribution in [0.15, 0.2) is 85.1 Å². The van der Waals surface area contributed by atoms with Gasteiger partial charge in [0.2, 0.25) is 6.54 Å². The van der Waals surface area contributed by atoms with Crippen LogP contribution in [-0.2, 0) is 0 Å². The Hall–Kier alpha value is -4.71. The summed E-state index contributed by atoms with van der Waals surface area (Å²) in [6, 6.07) is 26.8. The lowest BCUT2D eigenvalue weighted by Gasteiger charge is -2.36. The van der Waals surface area contributed by atoms with E-state index >= 15 is 0 Å². The number of ether oxygens (including phenoxy) is 1. The Bertz CT molecular complexity index is 1900. The van der Waals surface area contributed by atoms with Crippen LogP contribution in [0.25, 0.3) is 37.8 Å². The highest BCUT2D eigenvalue weighted by atomic mass is 16.5. The van der Waals surface area contributed by atoms with Crippen LogP contribution >= 0.6 is 0 Å². The van der Waals surface area contributed by atoms with Crippen molar-refractivity contribution in [2.75, 3.05) is 39.8 Å². The molecule has 7 rings (SSSR count). The van der Waals surface area contributed by atoms with Crippen molar-refractivity contribution < 1.29 is 9.53 Å². The largest absolute Gasteiger partial charge is 0.462 e. The minimum absolute atomic E-state index is 0.0478. The van der Waals surface area contributed by atoms with Crippen LogP contribution in [0.4, 0.5) is 0 Å². The van der Waals surface area contributed by atoms with Crippen LogP contribution in [0.2, 0.25) is 0 Å². The lowest BCUT2D eigenvalue weighted by atomic mass is 9.86. The molecule has 2 fully saturated rings. The summed E-state index contributed by atoms with van der Waals surface area (Å²) in [4.78, 5) is 36.3. The summed E-state index contributed by atoms with van der Waals surface area (Å²) in [5.41, 5.74) is 4.34. The van der Waals surface area contributed by atoms with Crippen molar-refractivity contribution in [2.45, 2.75) is 43.7 Å². The molecule has 46 heavy (non-hydrogen) atoms. The zero-order valence-electron chi connectivity index (χ0n) is 26.2. The van der Waals surface area contributed by atoms with Gasteiger partial charge < -0.3 is 14.5 Å². The first-order chi connectivity index (χ1) is 22.6. The molecule has 2 aliphatic rings. The van der Waals surface area contributed by atoms with E-state index in [1.807, 2.05) is 36.5 Å². The number of rotatable bonds is 9. The molecule has 3 aromatic carbocycles. The van der Waals surface area contributed by atoms with Gasteiger partial charge in [0.05, 0.1) is 29.5 Å². The molecule has 0 saturated carbocycles. The molecular formula is C38H38N6O2. The van der Waals surface area contributed by atoms with Gasteiger partial charge in [-0.3, -0.25) is 14.7 Å². The molecular weight excluding hydrogens is 572 g/mol. The number of carbonyl (C=O) groups is 1. The van der Waals surface area contributed by atoms with E-state index in [1.54, 1.807) is 0 Å². The SMILES string of the molecule is [C-]#[N+]C[C@H]1CC(c2nc(OC[C@@H]3CCCN3C)nc3cc(-c4cccc5ccccc45)ncc23)CCN1CC(=O)c1ccccc1. The van der Waals surface area contributed by atoms with Crippen LogP contribution in [0.1, 0.15) is 47.7 Å². The number of carbonyl (C=O) groups excluding carboxylic acids is 1. The second kappa shape index (κ2) is 13.3. The van der Waals surface area contributed by atoms with Crippen molar-refractivity contribution in [3.63, 3.8) is 0 Å². The second-order valence-electron chi connectivity index (χ2n) is 12.6. The number of aromatic nitrogens is 3. The molecule has 0 N–H and O–H groups in total. The van der Waals surface area contributed by atoms with Gasteiger partial charge in [-0.1, -0.05) is 72.8 Å². The van der Waals surface area contributed by atoms with Gasteiger partial charge >= 0.3 is 6.01 Å². The van der Waals surface area contributed by atoms with Crippen LogP contribution in [0.5, 0.6) is 6.01 Å². The van der Waals surface area contributed by atoms with E-state index in [1.165, 1.54) is 11.8 Å². The Labute approximate surface area is 269 Å². The summed E-state index contributed by atoms with van der Waals surface area (Å²) in [6.45, 7) is 10.7. The molecule has 3 atom stereocenters. The van der Waals surface area contributed by atoms with E-state index < -0.39 is 0 Å². The van der Waals surface area contributed by atoms with Crippen molar-refractivity contribution in [2.24, 2.45) is 0 Å². The summed E-state index contributed by atoms with van der Waals surface area (Å²) in [6.07, 6.45) is 5.73. The first kappa shape index (κ1) is 30.0. The molecule has 0 spiro atoms. The number of ketones is 1. The maximum absolute atomic E-state index is 13.1. The number of hydrogen-bond acceptors (Lipinski definition) is 7. The fourth-order valence-electron chi connectivity index (χ4n) is 7.11.